The van der Waals surface area contributed by atoms with E-state index in [0.717, 1.165) is 12.1 Å². The zero-order valence-corrected chi connectivity index (χ0v) is 9.48. The normalized spacial score (nSPS) is 13.3. The maximum absolute atomic E-state index is 13.0. The Balaban J connectivity index is 2.80. The van der Waals surface area contributed by atoms with E-state index < -0.39 is 0 Å². The van der Waals surface area contributed by atoms with Crippen LogP contribution < -0.4 is 0 Å². The highest BCUT2D eigenvalue weighted by molar-refractivity contribution is 6.21. The van der Waals surface area contributed by atoms with Crippen molar-refractivity contribution in [3.8, 4) is 0 Å². The summed E-state index contributed by atoms with van der Waals surface area (Å²) in [5.41, 5.74) is 1.62. The van der Waals surface area contributed by atoms with Crippen molar-refractivity contribution in [2.24, 2.45) is 0 Å². The summed E-state index contributed by atoms with van der Waals surface area (Å²) in [7, 11) is 3.93. The molecule has 0 bridgehead atoms. The van der Waals surface area contributed by atoms with Gasteiger partial charge >= 0.3 is 0 Å². The Hall–Kier alpha value is -0.600. The van der Waals surface area contributed by atoms with Crippen molar-refractivity contribution < 1.29 is 4.39 Å². The summed E-state index contributed by atoms with van der Waals surface area (Å²) in [6.45, 7) is 2.50. The minimum atomic E-state index is -0.178. The Morgan fingerprint density at radius 2 is 2.07 bits per heavy atom. The average Bonchev–Trinajstić information content (AvgIpc) is 2.08. The fourth-order valence-corrected chi connectivity index (χ4v) is 1.70. The highest BCUT2D eigenvalue weighted by atomic mass is 35.5. The average molecular weight is 216 g/mol. The number of benzene rings is 1. The summed E-state index contributed by atoms with van der Waals surface area (Å²) >= 11 is 6.16. The number of hydrogen-bond acceptors (Lipinski definition) is 1. The minimum absolute atomic E-state index is 0.0794. The molecular weight excluding hydrogens is 201 g/mol. The molecule has 0 aliphatic carbocycles. The molecule has 1 atom stereocenters. The van der Waals surface area contributed by atoms with Gasteiger partial charge in [0.1, 0.15) is 5.82 Å². The summed E-state index contributed by atoms with van der Waals surface area (Å²) in [5, 5.41) is -0.0794. The van der Waals surface area contributed by atoms with E-state index in [1.807, 2.05) is 19.0 Å². The second-order valence-corrected chi connectivity index (χ2v) is 4.27. The van der Waals surface area contributed by atoms with Crippen molar-refractivity contribution in [2.75, 3.05) is 20.6 Å². The molecule has 0 N–H and O–H groups in total. The van der Waals surface area contributed by atoms with Gasteiger partial charge in [0.15, 0.2) is 0 Å². The number of alkyl halides is 1. The van der Waals surface area contributed by atoms with Crippen LogP contribution in [-0.2, 0) is 0 Å². The van der Waals surface area contributed by atoms with Gasteiger partial charge < -0.3 is 4.90 Å². The molecule has 0 radical (unpaired) electrons. The maximum atomic E-state index is 13.0. The molecule has 0 fully saturated rings. The number of likely N-dealkylation sites (N-methyl/N-ethyl adjacent to an activating group) is 1. The second-order valence-electron chi connectivity index (χ2n) is 3.74. The van der Waals surface area contributed by atoms with Crippen LogP contribution in [0.1, 0.15) is 16.5 Å². The lowest BCUT2D eigenvalue weighted by atomic mass is 10.1. The molecule has 0 heterocycles. The fraction of sp³-hybridized carbons (Fsp3) is 0.455. The quantitative estimate of drug-likeness (QED) is 0.701. The SMILES string of the molecule is Cc1cc(C(Cl)CN(C)C)ccc1F. The first-order valence-corrected chi connectivity index (χ1v) is 4.99. The molecule has 1 rings (SSSR count). The zero-order chi connectivity index (χ0) is 10.7. The van der Waals surface area contributed by atoms with Crippen LogP contribution in [0.4, 0.5) is 4.39 Å². The number of aryl methyl sites for hydroxylation is 1. The number of hydrogen-bond donors (Lipinski definition) is 0. The standard InChI is InChI=1S/C11H15ClFN/c1-8-6-9(4-5-11(8)13)10(12)7-14(2)3/h4-6,10H,7H2,1-3H3. The molecule has 0 aromatic heterocycles. The number of rotatable bonds is 3. The molecular formula is C11H15ClFN. The van der Waals surface area contributed by atoms with E-state index in [4.69, 9.17) is 11.6 Å². The molecule has 1 nitrogen and oxygen atoms in total. The maximum Gasteiger partial charge on any atom is 0.126 e. The van der Waals surface area contributed by atoms with Crippen LogP contribution in [0.25, 0.3) is 0 Å². The highest BCUT2D eigenvalue weighted by Crippen LogP contribution is 2.22. The number of nitrogens with zero attached hydrogens (tertiary/aromatic N) is 1. The Morgan fingerprint density at radius 1 is 1.43 bits per heavy atom. The van der Waals surface area contributed by atoms with Gasteiger partial charge in [-0.15, -0.1) is 11.6 Å². The molecule has 0 aliphatic heterocycles. The second kappa shape index (κ2) is 4.76. The Kier molecular flexibility index (Phi) is 3.90. The summed E-state index contributed by atoms with van der Waals surface area (Å²) in [4.78, 5) is 2.01. The first-order chi connectivity index (χ1) is 6.50. The lowest BCUT2D eigenvalue weighted by molar-refractivity contribution is 0.407. The van der Waals surface area contributed by atoms with Crippen LogP contribution in [0.3, 0.4) is 0 Å². The van der Waals surface area contributed by atoms with Crippen LogP contribution in [-0.4, -0.2) is 25.5 Å². The van der Waals surface area contributed by atoms with Gasteiger partial charge in [0, 0.05) is 6.54 Å². The molecule has 1 aromatic carbocycles. The summed E-state index contributed by atoms with van der Waals surface area (Å²) in [5.74, 6) is -0.178. The van der Waals surface area contributed by atoms with Gasteiger partial charge in [0.2, 0.25) is 0 Å². The van der Waals surface area contributed by atoms with Gasteiger partial charge in [-0.25, -0.2) is 4.39 Å². The lowest BCUT2D eigenvalue weighted by Gasteiger charge is -2.15. The van der Waals surface area contributed by atoms with Crippen LogP contribution in [0.5, 0.6) is 0 Å². The van der Waals surface area contributed by atoms with Crippen molar-refractivity contribution in [3.63, 3.8) is 0 Å². The molecule has 0 saturated carbocycles. The van der Waals surface area contributed by atoms with Crippen LogP contribution in [0, 0.1) is 12.7 Å². The van der Waals surface area contributed by atoms with E-state index in [9.17, 15) is 4.39 Å². The molecule has 0 amide bonds. The van der Waals surface area contributed by atoms with Gasteiger partial charge in [0.05, 0.1) is 5.38 Å². The van der Waals surface area contributed by atoms with Crippen LogP contribution >= 0.6 is 11.6 Å². The first-order valence-electron chi connectivity index (χ1n) is 4.55. The predicted molar refractivity (Wildman–Crippen MR) is 58.3 cm³/mol. The van der Waals surface area contributed by atoms with Crippen molar-refractivity contribution >= 4 is 11.6 Å². The third-order valence-corrected chi connectivity index (χ3v) is 2.46. The minimum Gasteiger partial charge on any atom is -0.308 e. The third kappa shape index (κ3) is 2.96. The molecule has 14 heavy (non-hydrogen) atoms. The van der Waals surface area contributed by atoms with Gasteiger partial charge in [-0.3, -0.25) is 0 Å². The topological polar surface area (TPSA) is 3.24 Å². The van der Waals surface area contributed by atoms with E-state index in [2.05, 4.69) is 0 Å². The van der Waals surface area contributed by atoms with E-state index in [1.54, 1.807) is 19.1 Å². The van der Waals surface area contributed by atoms with E-state index in [0.29, 0.717) is 5.56 Å². The van der Waals surface area contributed by atoms with Crippen LogP contribution in [0.2, 0.25) is 0 Å². The first kappa shape index (κ1) is 11.5. The van der Waals surface area contributed by atoms with E-state index in [-0.39, 0.29) is 11.2 Å². The van der Waals surface area contributed by atoms with Crippen molar-refractivity contribution in [2.45, 2.75) is 12.3 Å². The molecule has 3 heteroatoms. The van der Waals surface area contributed by atoms with Crippen molar-refractivity contribution in [3.05, 3.63) is 35.1 Å². The molecule has 1 aromatic rings. The Bertz CT molecular complexity index is 312. The number of halogens is 2. The molecule has 78 valence electrons. The van der Waals surface area contributed by atoms with Crippen LogP contribution in [0.15, 0.2) is 18.2 Å². The largest absolute Gasteiger partial charge is 0.308 e. The van der Waals surface area contributed by atoms with Gasteiger partial charge in [0.25, 0.3) is 0 Å². The van der Waals surface area contributed by atoms with Gasteiger partial charge in [-0.2, -0.15) is 0 Å². The predicted octanol–water partition coefficient (Wildman–Crippen LogP) is 2.98. The van der Waals surface area contributed by atoms with E-state index >= 15 is 0 Å². The Labute approximate surface area is 89.5 Å². The smallest absolute Gasteiger partial charge is 0.126 e. The highest BCUT2D eigenvalue weighted by Gasteiger charge is 2.10. The summed E-state index contributed by atoms with van der Waals surface area (Å²) in [6.07, 6.45) is 0. The van der Waals surface area contributed by atoms with Gasteiger partial charge in [-0.05, 0) is 38.2 Å². The molecule has 0 spiro atoms. The van der Waals surface area contributed by atoms with E-state index in [1.165, 1.54) is 6.07 Å². The third-order valence-electron chi connectivity index (χ3n) is 2.07. The lowest BCUT2D eigenvalue weighted by Crippen LogP contribution is -2.17. The molecule has 1 unspecified atom stereocenters. The molecule has 0 aliphatic rings. The summed E-state index contributed by atoms with van der Waals surface area (Å²) < 4.78 is 13.0. The summed E-state index contributed by atoms with van der Waals surface area (Å²) in [6, 6.07) is 5.01. The Morgan fingerprint density at radius 3 is 2.57 bits per heavy atom. The zero-order valence-electron chi connectivity index (χ0n) is 8.72. The van der Waals surface area contributed by atoms with Gasteiger partial charge in [-0.1, -0.05) is 12.1 Å². The van der Waals surface area contributed by atoms with Crippen molar-refractivity contribution in [1.82, 2.24) is 4.90 Å². The fourth-order valence-electron chi connectivity index (χ4n) is 1.29. The molecule has 0 saturated heterocycles. The monoisotopic (exact) mass is 215 g/mol. The van der Waals surface area contributed by atoms with Crippen molar-refractivity contribution in [1.29, 1.82) is 0 Å².